The molecule has 2 fully saturated rings. The maximum Gasteiger partial charge on any atom is 0.471 e. The fraction of sp³-hybridized carbons (Fsp3) is 0.593. The molecule has 0 radical (unpaired) electrons. The number of hydrogen-bond donors (Lipinski definition) is 2. The standard InChI is InChI=1S/C23H26F3N5O4.C4H10/c24-23(25,26)22(35)29-18-9-5-2-6-10-30(21(18)34)14-19(32)31-13-15(11-17(31)12-27)20(33)28-16-7-3-1-4-8-16;1-4(2)3/h1,3-4,7-8,15,17-18H,2,5-6,9-11,13-14H2,(H,28,33)(H,29,35);4H,1-3H3. The van der Waals surface area contributed by atoms with Gasteiger partial charge in [-0.15, -0.1) is 0 Å². The number of carbonyl (C=O) groups excluding carboxylic acids is 4. The number of nitrogens with one attached hydrogen (secondary N) is 2. The van der Waals surface area contributed by atoms with Crippen molar-refractivity contribution >= 4 is 29.3 Å². The first kappa shape index (κ1) is 31.6. The molecule has 214 valence electrons. The Morgan fingerprint density at radius 3 is 2.33 bits per heavy atom. The van der Waals surface area contributed by atoms with Crippen molar-refractivity contribution in [3.8, 4) is 6.07 Å². The molecule has 0 saturated carbocycles. The second-order valence-corrected chi connectivity index (χ2v) is 10.3. The van der Waals surface area contributed by atoms with Crippen molar-refractivity contribution in [3.63, 3.8) is 0 Å². The van der Waals surface area contributed by atoms with Gasteiger partial charge < -0.3 is 20.4 Å². The molecule has 0 aromatic heterocycles. The van der Waals surface area contributed by atoms with E-state index in [0.29, 0.717) is 24.9 Å². The molecule has 0 bridgehead atoms. The van der Waals surface area contributed by atoms with Crippen LogP contribution in [0.2, 0.25) is 0 Å². The number of rotatable bonds is 5. The molecule has 9 nitrogen and oxygen atoms in total. The van der Waals surface area contributed by atoms with Crippen molar-refractivity contribution in [2.45, 2.75) is 71.1 Å². The molecule has 0 aliphatic carbocycles. The summed E-state index contributed by atoms with van der Waals surface area (Å²) in [7, 11) is 0. The number of halogens is 3. The summed E-state index contributed by atoms with van der Waals surface area (Å²) in [4.78, 5) is 52.3. The number of carbonyl (C=O) groups is 4. The van der Waals surface area contributed by atoms with Crippen LogP contribution in [0.1, 0.15) is 52.9 Å². The zero-order chi connectivity index (χ0) is 29.2. The molecule has 3 unspecified atom stereocenters. The molecule has 39 heavy (non-hydrogen) atoms. The lowest BCUT2D eigenvalue weighted by Gasteiger charge is -2.31. The highest BCUT2D eigenvalue weighted by molar-refractivity contribution is 5.95. The number of nitrogens with zero attached hydrogens (tertiary/aromatic N) is 3. The van der Waals surface area contributed by atoms with Crippen LogP contribution in [0.5, 0.6) is 0 Å². The van der Waals surface area contributed by atoms with Crippen LogP contribution in [0.15, 0.2) is 30.3 Å². The minimum absolute atomic E-state index is 0.0218. The Hall–Kier alpha value is -3.62. The zero-order valence-corrected chi connectivity index (χ0v) is 22.5. The van der Waals surface area contributed by atoms with Gasteiger partial charge in [0.2, 0.25) is 17.7 Å². The molecule has 2 aliphatic rings. The molecule has 2 N–H and O–H groups in total. The topological polar surface area (TPSA) is 123 Å². The summed E-state index contributed by atoms with van der Waals surface area (Å²) in [6.07, 6.45) is -3.37. The van der Waals surface area contributed by atoms with Crippen LogP contribution in [0, 0.1) is 23.2 Å². The third kappa shape index (κ3) is 9.89. The molecule has 2 saturated heterocycles. The van der Waals surface area contributed by atoms with Gasteiger partial charge in [0, 0.05) is 18.8 Å². The highest BCUT2D eigenvalue weighted by Crippen LogP contribution is 2.25. The molecule has 1 aromatic rings. The molecule has 2 aliphatic heterocycles. The van der Waals surface area contributed by atoms with E-state index in [-0.39, 0.29) is 31.8 Å². The number of nitriles is 1. The van der Waals surface area contributed by atoms with E-state index in [1.807, 2.05) is 6.07 Å². The molecule has 3 rings (SSSR count). The first-order valence-corrected chi connectivity index (χ1v) is 13.0. The number of anilines is 1. The zero-order valence-electron chi connectivity index (χ0n) is 22.5. The number of likely N-dealkylation sites (tertiary alicyclic amines) is 2. The quantitative estimate of drug-likeness (QED) is 0.580. The van der Waals surface area contributed by atoms with Crippen molar-refractivity contribution < 1.29 is 32.3 Å². The minimum atomic E-state index is -5.13. The van der Waals surface area contributed by atoms with Gasteiger partial charge in [-0.25, -0.2) is 0 Å². The Balaban J connectivity index is 0.00000124. The molecule has 12 heteroatoms. The van der Waals surface area contributed by atoms with E-state index >= 15 is 0 Å². The number of alkyl halides is 3. The number of benzene rings is 1. The molecular weight excluding hydrogens is 515 g/mol. The second kappa shape index (κ2) is 14.5. The van der Waals surface area contributed by atoms with Crippen molar-refractivity contribution in [1.29, 1.82) is 5.26 Å². The summed E-state index contributed by atoms with van der Waals surface area (Å²) in [5, 5.41) is 14.0. The van der Waals surface area contributed by atoms with Crippen LogP contribution in [0.3, 0.4) is 0 Å². The minimum Gasteiger partial charge on any atom is -0.336 e. The largest absolute Gasteiger partial charge is 0.471 e. The van der Waals surface area contributed by atoms with Crippen molar-refractivity contribution in [2.24, 2.45) is 11.8 Å². The lowest BCUT2D eigenvalue weighted by Crippen LogP contribution is -2.54. The third-order valence-electron chi connectivity index (χ3n) is 6.10. The van der Waals surface area contributed by atoms with Crippen LogP contribution in [-0.4, -0.2) is 71.3 Å². The summed E-state index contributed by atoms with van der Waals surface area (Å²) >= 11 is 0. The van der Waals surface area contributed by atoms with Crippen LogP contribution in [0.25, 0.3) is 0 Å². The van der Waals surface area contributed by atoms with E-state index in [9.17, 15) is 37.6 Å². The highest BCUT2D eigenvalue weighted by atomic mass is 19.4. The van der Waals surface area contributed by atoms with Gasteiger partial charge in [-0.05, 0) is 37.3 Å². The van der Waals surface area contributed by atoms with Gasteiger partial charge in [0.05, 0.1) is 18.5 Å². The summed E-state index contributed by atoms with van der Waals surface area (Å²) in [6.45, 7) is 6.15. The van der Waals surface area contributed by atoms with Crippen LogP contribution < -0.4 is 10.6 Å². The first-order chi connectivity index (χ1) is 18.3. The monoisotopic (exact) mass is 551 g/mol. The summed E-state index contributed by atoms with van der Waals surface area (Å²) in [6, 6.07) is 8.45. The van der Waals surface area contributed by atoms with Gasteiger partial charge in [-0.2, -0.15) is 18.4 Å². The Morgan fingerprint density at radius 1 is 1.10 bits per heavy atom. The highest BCUT2D eigenvalue weighted by Gasteiger charge is 2.43. The first-order valence-electron chi connectivity index (χ1n) is 13.0. The maximum atomic E-state index is 13.0. The predicted molar refractivity (Wildman–Crippen MR) is 138 cm³/mol. The van der Waals surface area contributed by atoms with Crippen LogP contribution in [0.4, 0.5) is 18.9 Å². The number of amides is 4. The molecule has 4 amide bonds. The fourth-order valence-corrected chi connectivity index (χ4v) is 4.26. The Labute approximate surface area is 226 Å². The van der Waals surface area contributed by atoms with Gasteiger partial charge in [-0.1, -0.05) is 51.8 Å². The smallest absolute Gasteiger partial charge is 0.336 e. The van der Waals surface area contributed by atoms with Gasteiger partial charge in [0.15, 0.2) is 0 Å². The van der Waals surface area contributed by atoms with Crippen molar-refractivity contribution in [2.75, 3.05) is 25.0 Å². The van der Waals surface area contributed by atoms with E-state index in [2.05, 4.69) is 26.1 Å². The number of hydrogen-bond acceptors (Lipinski definition) is 5. The van der Waals surface area contributed by atoms with Crippen molar-refractivity contribution in [3.05, 3.63) is 30.3 Å². The van der Waals surface area contributed by atoms with E-state index in [4.69, 9.17) is 0 Å². The van der Waals surface area contributed by atoms with Crippen LogP contribution in [-0.2, 0) is 19.2 Å². The molecular formula is C27H36F3N5O4. The van der Waals surface area contributed by atoms with E-state index < -0.39 is 48.4 Å². The normalized spacial score (nSPS) is 21.7. The summed E-state index contributed by atoms with van der Waals surface area (Å²) in [5.74, 6) is -3.71. The maximum absolute atomic E-state index is 13.0. The second-order valence-electron chi connectivity index (χ2n) is 10.3. The Bertz CT molecular complexity index is 1040. The van der Waals surface area contributed by atoms with E-state index in [1.54, 1.807) is 35.6 Å². The van der Waals surface area contributed by atoms with Gasteiger partial charge in [0.1, 0.15) is 12.1 Å². The Morgan fingerprint density at radius 2 is 1.74 bits per heavy atom. The molecule has 3 atom stereocenters. The Kier molecular flexibility index (Phi) is 11.8. The van der Waals surface area contributed by atoms with E-state index in [1.165, 1.54) is 4.90 Å². The molecule has 2 heterocycles. The summed E-state index contributed by atoms with van der Waals surface area (Å²) < 4.78 is 38.1. The van der Waals surface area contributed by atoms with Crippen LogP contribution >= 0.6 is 0 Å². The SMILES string of the molecule is CC(C)C.N#CC1CC(C(=O)Nc2ccccc2)CN1C(=O)CN1CCCCCC(NC(=O)C(F)(F)F)C1=O. The van der Waals surface area contributed by atoms with Gasteiger partial charge in [0.25, 0.3) is 0 Å². The fourth-order valence-electron chi connectivity index (χ4n) is 4.26. The van der Waals surface area contributed by atoms with Crippen molar-refractivity contribution in [1.82, 2.24) is 15.1 Å². The molecule has 0 spiro atoms. The lowest BCUT2D eigenvalue weighted by molar-refractivity contribution is -0.175. The lowest BCUT2D eigenvalue weighted by atomic mass is 10.0. The average molecular weight is 552 g/mol. The predicted octanol–water partition coefficient (Wildman–Crippen LogP) is 3.48. The summed E-state index contributed by atoms with van der Waals surface area (Å²) in [5.41, 5.74) is 0.578. The number of para-hydroxylation sites is 1. The van der Waals surface area contributed by atoms with E-state index in [0.717, 1.165) is 10.8 Å². The molecule has 1 aromatic carbocycles. The third-order valence-corrected chi connectivity index (χ3v) is 6.10. The van der Waals surface area contributed by atoms with Gasteiger partial charge >= 0.3 is 12.1 Å². The van der Waals surface area contributed by atoms with Gasteiger partial charge in [-0.3, -0.25) is 19.2 Å². The average Bonchev–Trinajstić information content (AvgIpc) is 3.30.